The number of para-hydroxylation sites is 1. The normalized spacial score (nSPS) is 19.0. The number of benzene rings is 2. The highest BCUT2D eigenvalue weighted by atomic mass is 32.3. The minimum absolute atomic E-state index is 0.0984. The molecule has 4 aromatic rings. The van der Waals surface area contributed by atoms with Gasteiger partial charge in [0.25, 0.3) is 0 Å². The molecular weight excluding hydrogens is 492 g/mol. The topological polar surface area (TPSA) is 120 Å². The van der Waals surface area contributed by atoms with Gasteiger partial charge in [0.1, 0.15) is 16.7 Å². The molecule has 0 fully saturated rings. The zero-order chi connectivity index (χ0) is 26.3. The molecule has 2 atom stereocenters. The molecule has 2 aromatic carbocycles. The average Bonchev–Trinajstić information content (AvgIpc) is 3.19. The van der Waals surface area contributed by atoms with E-state index in [9.17, 15) is 19.0 Å². The summed E-state index contributed by atoms with van der Waals surface area (Å²) in [6.45, 7) is 6.33. The molecule has 0 saturated carbocycles. The lowest BCUT2D eigenvalue weighted by atomic mass is 9.87. The van der Waals surface area contributed by atoms with Crippen molar-refractivity contribution in [2.24, 2.45) is 0 Å². The summed E-state index contributed by atoms with van der Waals surface area (Å²) in [6.07, 6.45) is 1.47. The molecular formula is C27H30N4O5S. The Morgan fingerprint density at radius 2 is 1.89 bits per heavy atom. The molecule has 0 radical (unpaired) electrons. The van der Waals surface area contributed by atoms with Crippen LogP contribution in [0.15, 0.2) is 65.7 Å². The van der Waals surface area contributed by atoms with Crippen LogP contribution >= 0.6 is 10.8 Å². The van der Waals surface area contributed by atoms with Crippen molar-refractivity contribution in [2.45, 2.75) is 50.7 Å². The van der Waals surface area contributed by atoms with E-state index in [-0.39, 0.29) is 19.1 Å². The van der Waals surface area contributed by atoms with Gasteiger partial charge in [-0.25, -0.2) is 4.52 Å². The van der Waals surface area contributed by atoms with Gasteiger partial charge in [-0.05, 0) is 61.2 Å². The van der Waals surface area contributed by atoms with Crippen LogP contribution in [0.25, 0.3) is 5.52 Å². The molecule has 5 rings (SSSR count). The van der Waals surface area contributed by atoms with Gasteiger partial charge in [0.2, 0.25) is 0 Å². The number of pyridine rings is 1. The third-order valence-corrected chi connectivity index (χ3v) is 8.74. The quantitative estimate of drug-likeness (QED) is 0.314. The highest BCUT2D eigenvalue weighted by molar-refractivity contribution is 8.22. The van der Waals surface area contributed by atoms with Gasteiger partial charge in [-0.3, -0.25) is 13.9 Å². The molecule has 0 spiro atoms. The summed E-state index contributed by atoms with van der Waals surface area (Å²) in [5.41, 5.74) is 5.17. The van der Waals surface area contributed by atoms with Crippen LogP contribution in [0.3, 0.4) is 0 Å². The van der Waals surface area contributed by atoms with E-state index in [1.807, 2.05) is 63.4 Å². The fraction of sp³-hybridized carbons (Fsp3) is 0.296. The predicted molar refractivity (Wildman–Crippen MR) is 141 cm³/mol. The van der Waals surface area contributed by atoms with Gasteiger partial charge in [0.15, 0.2) is 0 Å². The third kappa shape index (κ3) is 4.93. The fourth-order valence-corrected chi connectivity index (χ4v) is 6.48. The summed E-state index contributed by atoms with van der Waals surface area (Å²) < 4.78 is 31.9. The van der Waals surface area contributed by atoms with Gasteiger partial charge in [-0.1, -0.05) is 41.6 Å². The Morgan fingerprint density at radius 1 is 1.14 bits per heavy atom. The number of carboxylic acids is 1. The Balaban J connectivity index is 1.52. The van der Waals surface area contributed by atoms with Crippen LogP contribution in [0.2, 0.25) is 0 Å². The molecule has 0 aliphatic carbocycles. The van der Waals surface area contributed by atoms with Gasteiger partial charge >= 0.3 is 5.97 Å². The summed E-state index contributed by atoms with van der Waals surface area (Å²) in [4.78, 5) is 12.2. The van der Waals surface area contributed by atoms with Gasteiger partial charge in [0.05, 0.1) is 24.2 Å². The number of carbonyl (C=O) groups is 1. The molecule has 0 saturated heterocycles. The van der Waals surface area contributed by atoms with Gasteiger partial charge in [-0.2, -0.15) is 4.31 Å². The van der Waals surface area contributed by atoms with Crippen molar-refractivity contribution >= 4 is 22.3 Å². The number of aliphatic carboxylic acids is 1. The predicted octanol–water partition coefficient (Wildman–Crippen LogP) is 5.26. The summed E-state index contributed by atoms with van der Waals surface area (Å²) in [6, 6.07) is 16.7. The Kier molecular flexibility index (Phi) is 6.67. The Hall–Kier alpha value is -3.44. The number of hydrogen-bond donors (Lipinski definition) is 3. The van der Waals surface area contributed by atoms with E-state index in [0.717, 1.165) is 33.5 Å². The summed E-state index contributed by atoms with van der Waals surface area (Å²) in [7, 11) is -3.30. The van der Waals surface area contributed by atoms with Crippen molar-refractivity contribution in [3.63, 3.8) is 0 Å². The summed E-state index contributed by atoms with van der Waals surface area (Å²) >= 11 is 0. The fourth-order valence-electron chi connectivity index (χ4n) is 4.82. The van der Waals surface area contributed by atoms with E-state index in [1.54, 1.807) is 27.0 Å². The van der Waals surface area contributed by atoms with E-state index in [4.69, 9.17) is 4.74 Å². The monoisotopic (exact) mass is 522 g/mol. The van der Waals surface area contributed by atoms with Crippen LogP contribution in [0.4, 0.5) is 0 Å². The first-order valence-corrected chi connectivity index (χ1v) is 13.6. The molecule has 9 nitrogen and oxygen atoms in total. The number of aryl methyl sites for hydroxylation is 2. The number of fused-ring (bicyclic) bond motifs is 2. The average molecular weight is 523 g/mol. The molecule has 194 valence electrons. The molecule has 0 amide bonds. The first-order chi connectivity index (χ1) is 17.6. The van der Waals surface area contributed by atoms with Gasteiger partial charge in [-0.15, -0.1) is 15.9 Å². The summed E-state index contributed by atoms with van der Waals surface area (Å²) in [5, 5.41) is 18.0. The van der Waals surface area contributed by atoms with Crippen LogP contribution in [0, 0.1) is 13.8 Å². The molecule has 1 aliphatic heterocycles. The van der Waals surface area contributed by atoms with Crippen molar-refractivity contribution in [3.05, 3.63) is 88.7 Å². The van der Waals surface area contributed by atoms with Crippen molar-refractivity contribution in [1.29, 1.82) is 0 Å². The molecule has 3 N–H and O–H groups in total. The first kappa shape index (κ1) is 25.2. The van der Waals surface area contributed by atoms with Crippen molar-refractivity contribution < 1.29 is 23.7 Å². The third-order valence-electron chi connectivity index (χ3n) is 6.81. The second kappa shape index (κ2) is 9.79. The van der Waals surface area contributed by atoms with E-state index >= 15 is 0 Å². The second-order valence-corrected chi connectivity index (χ2v) is 11.5. The summed E-state index contributed by atoms with van der Waals surface area (Å²) in [5.74, 6) is -0.854. The molecule has 1 aliphatic rings. The van der Waals surface area contributed by atoms with E-state index in [2.05, 4.69) is 10.3 Å². The SMILES string of the molecule is Cc1ccc(C(CC(=O)O)c2ccc3c(C)nnn3c2)cc1CN1CC(C)Oc2ccccc2S1(O)O. The zero-order valence-electron chi connectivity index (χ0n) is 20.9. The van der Waals surface area contributed by atoms with Crippen LogP contribution in [-0.4, -0.2) is 52.0 Å². The Labute approximate surface area is 216 Å². The molecule has 3 heterocycles. The number of ether oxygens (including phenoxy) is 1. The minimum Gasteiger partial charge on any atom is -0.487 e. The lowest BCUT2D eigenvalue weighted by Gasteiger charge is -2.42. The standard InChI is InChI=1S/C27H30N4O5S/c1-17-8-9-20(23(13-27(32)33)21-10-11-24-19(3)28-29-31(24)16-21)12-22(17)15-30-14-18(2)36-25-6-4-5-7-26(25)37(30,34)35/h4-12,16,18,23,34-35H,13-15H2,1-3H3,(H,32,33). The molecule has 2 unspecified atom stereocenters. The van der Waals surface area contributed by atoms with Crippen molar-refractivity contribution in [1.82, 2.24) is 19.1 Å². The molecule has 10 heteroatoms. The highest BCUT2D eigenvalue weighted by Crippen LogP contribution is 2.57. The maximum Gasteiger partial charge on any atom is 0.304 e. The molecule has 37 heavy (non-hydrogen) atoms. The van der Waals surface area contributed by atoms with E-state index in [1.165, 1.54) is 0 Å². The lowest BCUT2D eigenvalue weighted by molar-refractivity contribution is -0.137. The molecule has 2 aromatic heterocycles. The Morgan fingerprint density at radius 3 is 2.68 bits per heavy atom. The number of carboxylic acid groups (broad SMARTS) is 1. The number of aromatic nitrogens is 3. The number of nitrogens with zero attached hydrogens (tertiary/aromatic N) is 4. The van der Waals surface area contributed by atoms with E-state index in [0.29, 0.717) is 17.2 Å². The van der Waals surface area contributed by atoms with Crippen LogP contribution < -0.4 is 4.74 Å². The molecule has 0 bridgehead atoms. The van der Waals surface area contributed by atoms with Gasteiger partial charge in [0, 0.05) is 18.7 Å². The maximum absolute atomic E-state index is 11.8. The second-order valence-electron chi connectivity index (χ2n) is 9.52. The number of hydrogen-bond acceptors (Lipinski definition) is 7. The van der Waals surface area contributed by atoms with Gasteiger partial charge < -0.3 is 9.84 Å². The zero-order valence-corrected chi connectivity index (χ0v) is 21.7. The number of rotatable bonds is 6. The maximum atomic E-state index is 11.8. The van der Waals surface area contributed by atoms with Crippen LogP contribution in [-0.2, 0) is 11.3 Å². The van der Waals surface area contributed by atoms with Crippen molar-refractivity contribution in [3.8, 4) is 5.75 Å². The van der Waals surface area contributed by atoms with E-state index < -0.39 is 22.7 Å². The lowest BCUT2D eigenvalue weighted by Crippen LogP contribution is -2.33. The van der Waals surface area contributed by atoms with Crippen molar-refractivity contribution in [2.75, 3.05) is 6.54 Å². The minimum atomic E-state index is -3.30. The first-order valence-electron chi connectivity index (χ1n) is 12.1. The van der Waals surface area contributed by atoms with Crippen LogP contribution in [0.1, 0.15) is 47.2 Å². The Bertz CT molecular complexity index is 1470. The van der Waals surface area contributed by atoms with Crippen LogP contribution in [0.5, 0.6) is 5.75 Å². The smallest absolute Gasteiger partial charge is 0.304 e. The largest absolute Gasteiger partial charge is 0.487 e. The highest BCUT2D eigenvalue weighted by Gasteiger charge is 2.34.